The van der Waals surface area contributed by atoms with Crippen LogP contribution < -0.4 is 0 Å². The molecule has 0 saturated heterocycles. The number of hydrogen-bond donors (Lipinski definition) is 0. The largest absolute Gasteiger partial charge is 0.464 e. The standard InChI is InChI=1S/C11H8ClNO2/c1-15-11(14)10-8-3-2-4-9(12)7(8)5-6-13-10/h2-6H,1H3. The Morgan fingerprint density at radius 2 is 2.13 bits per heavy atom. The molecule has 0 radical (unpaired) electrons. The highest BCUT2D eigenvalue weighted by Crippen LogP contribution is 2.24. The average Bonchev–Trinajstić information content (AvgIpc) is 2.28. The number of benzene rings is 1. The van der Waals surface area contributed by atoms with Gasteiger partial charge in [0.1, 0.15) is 0 Å². The SMILES string of the molecule is COC(=O)c1nccc2c(Cl)cccc12. The van der Waals surface area contributed by atoms with Crippen LogP contribution in [0.5, 0.6) is 0 Å². The zero-order chi connectivity index (χ0) is 10.8. The normalized spacial score (nSPS) is 10.3. The number of pyridine rings is 1. The van der Waals surface area contributed by atoms with Crippen LogP contribution in [0.3, 0.4) is 0 Å². The maximum Gasteiger partial charge on any atom is 0.357 e. The number of carbonyl (C=O) groups is 1. The Balaban J connectivity index is 2.77. The van der Waals surface area contributed by atoms with E-state index in [-0.39, 0.29) is 5.69 Å². The topological polar surface area (TPSA) is 39.2 Å². The lowest BCUT2D eigenvalue weighted by Gasteiger charge is -2.04. The summed E-state index contributed by atoms with van der Waals surface area (Å²) >= 11 is 6.00. The Kier molecular flexibility index (Phi) is 2.56. The Hall–Kier alpha value is -1.61. The van der Waals surface area contributed by atoms with Crippen LogP contribution in [0.15, 0.2) is 30.5 Å². The van der Waals surface area contributed by atoms with Gasteiger partial charge in [-0.15, -0.1) is 0 Å². The van der Waals surface area contributed by atoms with Gasteiger partial charge in [-0.25, -0.2) is 9.78 Å². The Labute approximate surface area is 91.6 Å². The molecular weight excluding hydrogens is 214 g/mol. The number of aromatic nitrogens is 1. The van der Waals surface area contributed by atoms with Crippen molar-refractivity contribution in [3.8, 4) is 0 Å². The number of ether oxygens (including phenoxy) is 1. The fraction of sp³-hybridized carbons (Fsp3) is 0.0909. The smallest absolute Gasteiger partial charge is 0.357 e. The number of hydrogen-bond acceptors (Lipinski definition) is 3. The van der Waals surface area contributed by atoms with Crippen molar-refractivity contribution in [1.29, 1.82) is 0 Å². The van der Waals surface area contributed by atoms with Crippen LogP contribution >= 0.6 is 11.6 Å². The molecule has 0 unspecified atom stereocenters. The number of methoxy groups -OCH3 is 1. The lowest BCUT2D eigenvalue weighted by molar-refractivity contribution is 0.0596. The Morgan fingerprint density at radius 1 is 1.33 bits per heavy atom. The molecule has 0 saturated carbocycles. The van der Waals surface area contributed by atoms with E-state index in [1.165, 1.54) is 7.11 Å². The van der Waals surface area contributed by atoms with Crippen molar-refractivity contribution in [2.75, 3.05) is 7.11 Å². The molecule has 1 heterocycles. The monoisotopic (exact) mass is 221 g/mol. The molecule has 0 atom stereocenters. The summed E-state index contributed by atoms with van der Waals surface area (Å²) in [5, 5.41) is 2.10. The molecule has 76 valence electrons. The van der Waals surface area contributed by atoms with Gasteiger partial charge >= 0.3 is 5.97 Å². The second kappa shape index (κ2) is 3.87. The first-order valence-electron chi connectivity index (χ1n) is 4.35. The number of rotatable bonds is 1. The molecule has 0 fully saturated rings. The molecule has 2 aromatic rings. The van der Waals surface area contributed by atoms with E-state index in [9.17, 15) is 4.79 Å². The number of nitrogens with zero attached hydrogens (tertiary/aromatic N) is 1. The average molecular weight is 222 g/mol. The number of halogens is 1. The summed E-state index contributed by atoms with van der Waals surface area (Å²) in [5.41, 5.74) is 0.289. The quantitative estimate of drug-likeness (QED) is 0.695. The van der Waals surface area contributed by atoms with Crippen molar-refractivity contribution >= 4 is 28.3 Å². The van der Waals surface area contributed by atoms with Gasteiger partial charge in [-0.05, 0) is 12.1 Å². The maximum absolute atomic E-state index is 11.4. The molecule has 0 amide bonds. The molecule has 0 N–H and O–H groups in total. The molecule has 0 aliphatic heterocycles. The molecule has 0 bridgehead atoms. The molecule has 4 heteroatoms. The summed E-state index contributed by atoms with van der Waals surface area (Å²) < 4.78 is 4.64. The second-order valence-corrected chi connectivity index (χ2v) is 3.39. The van der Waals surface area contributed by atoms with Gasteiger partial charge in [0, 0.05) is 22.0 Å². The highest BCUT2D eigenvalue weighted by Gasteiger charge is 2.12. The number of esters is 1. The van der Waals surface area contributed by atoms with Crippen LogP contribution in [0.25, 0.3) is 10.8 Å². The van der Waals surface area contributed by atoms with Crippen molar-refractivity contribution in [3.05, 3.63) is 41.2 Å². The van der Waals surface area contributed by atoms with Crippen LogP contribution in [0, 0.1) is 0 Å². The van der Waals surface area contributed by atoms with Crippen LogP contribution in [0.1, 0.15) is 10.5 Å². The Bertz CT molecular complexity index is 525. The highest BCUT2D eigenvalue weighted by molar-refractivity contribution is 6.35. The summed E-state index contributed by atoms with van der Waals surface area (Å²) in [4.78, 5) is 15.4. The lowest BCUT2D eigenvalue weighted by atomic mass is 10.1. The molecule has 2 rings (SSSR count). The predicted molar refractivity (Wildman–Crippen MR) is 58.1 cm³/mol. The minimum absolute atomic E-state index is 0.289. The van der Waals surface area contributed by atoms with Gasteiger partial charge < -0.3 is 4.74 Å². The molecule has 0 spiro atoms. The van der Waals surface area contributed by atoms with Crippen molar-refractivity contribution < 1.29 is 9.53 Å². The van der Waals surface area contributed by atoms with Gasteiger partial charge in [0.05, 0.1) is 7.11 Å². The molecule has 1 aromatic heterocycles. The molecule has 0 aliphatic rings. The van der Waals surface area contributed by atoms with Crippen molar-refractivity contribution in [1.82, 2.24) is 4.98 Å². The third kappa shape index (κ3) is 1.66. The van der Waals surface area contributed by atoms with E-state index in [0.717, 1.165) is 5.39 Å². The van der Waals surface area contributed by atoms with Crippen LogP contribution in [0.2, 0.25) is 5.02 Å². The van der Waals surface area contributed by atoms with Crippen molar-refractivity contribution in [3.63, 3.8) is 0 Å². The van der Waals surface area contributed by atoms with Gasteiger partial charge in [0.2, 0.25) is 0 Å². The van der Waals surface area contributed by atoms with Gasteiger partial charge in [-0.2, -0.15) is 0 Å². The zero-order valence-corrected chi connectivity index (χ0v) is 8.78. The summed E-state index contributed by atoms with van der Waals surface area (Å²) in [6.45, 7) is 0. The third-order valence-electron chi connectivity index (χ3n) is 2.13. The van der Waals surface area contributed by atoms with Gasteiger partial charge in [0.25, 0.3) is 0 Å². The third-order valence-corrected chi connectivity index (χ3v) is 2.46. The summed E-state index contributed by atoms with van der Waals surface area (Å²) in [7, 11) is 1.33. The van der Waals surface area contributed by atoms with E-state index in [2.05, 4.69) is 9.72 Å². The molecule has 1 aromatic carbocycles. The summed E-state index contributed by atoms with van der Waals surface area (Å²) in [5.74, 6) is -0.456. The van der Waals surface area contributed by atoms with Crippen molar-refractivity contribution in [2.24, 2.45) is 0 Å². The number of carbonyl (C=O) groups excluding carboxylic acids is 1. The van der Waals surface area contributed by atoms with Gasteiger partial charge in [-0.1, -0.05) is 23.7 Å². The van der Waals surface area contributed by atoms with Crippen LogP contribution in [0.4, 0.5) is 0 Å². The van der Waals surface area contributed by atoms with E-state index in [0.29, 0.717) is 10.4 Å². The first-order chi connectivity index (χ1) is 7.24. The summed E-state index contributed by atoms with van der Waals surface area (Å²) in [6.07, 6.45) is 1.54. The van der Waals surface area contributed by atoms with Crippen LogP contribution in [-0.2, 0) is 4.74 Å². The van der Waals surface area contributed by atoms with E-state index in [1.54, 1.807) is 30.5 Å². The fourth-order valence-electron chi connectivity index (χ4n) is 1.43. The number of fused-ring (bicyclic) bond motifs is 1. The van der Waals surface area contributed by atoms with E-state index in [1.807, 2.05) is 0 Å². The van der Waals surface area contributed by atoms with E-state index < -0.39 is 5.97 Å². The fourth-order valence-corrected chi connectivity index (χ4v) is 1.67. The minimum atomic E-state index is -0.456. The van der Waals surface area contributed by atoms with Gasteiger partial charge in [0.15, 0.2) is 5.69 Å². The Morgan fingerprint density at radius 3 is 2.87 bits per heavy atom. The molecule has 3 nitrogen and oxygen atoms in total. The first kappa shape index (κ1) is 9.93. The maximum atomic E-state index is 11.4. The predicted octanol–water partition coefficient (Wildman–Crippen LogP) is 2.67. The lowest BCUT2D eigenvalue weighted by Crippen LogP contribution is -2.04. The molecule has 15 heavy (non-hydrogen) atoms. The first-order valence-corrected chi connectivity index (χ1v) is 4.73. The summed E-state index contributed by atoms with van der Waals surface area (Å²) in [6, 6.07) is 7.11. The van der Waals surface area contributed by atoms with E-state index in [4.69, 9.17) is 11.6 Å². The van der Waals surface area contributed by atoms with Gasteiger partial charge in [-0.3, -0.25) is 0 Å². The minimum Gasteiger partial charge on any atom is -0.464 e. The van der Waals surface area contributed by atoms with Crippen molar-refractivity contribution in [2.45, 2.75) is 0 Å². The highest BCUT2D eigenvalue weighted by atomic mass is 35.5. The van der Waals surface area contributed by atoms with E-state index >= 15 is 0 Å². The molecule has 0 aliphatic carbocycles. The zero-order valence-electron chi connectivity index (χ0n) is 8.03. The molecular formula is C11H8ClNO2. The second-order valence-electron chi connectivity index (χ2n) is 2.99. The van der Waals surface area contributed by atoms with Crippen LogP contribution in [-0.4, -0.2) is 18.1 Å².